The van der Waals surface area contributed by atoms with Crippen molar-refractivity contribution in [3.63, 3.8) is 0 Å². The molecule has 1 heterocycles. The minimum atomic E-state index is -0.0500. The molecule has 5 nitrogen and oxygen atoms in total. The number of nitrogens with zero attached hydrogens (tertiary/aromatic N) is 2. The molecule has 3 N–H and O–H groups in total. The molecule has 0 fully saturated rings. The molecule has 5 heteroatoms. The smallest absolute Gasteiger partial charge is 0.241 e. The SMILES string of the molecule is Cc1nn(CC(=O)NCCN)c(C)c1C. The predicted octanol–water partition coefficient (Wildman–Crippen LogP) is -0.117. The fraction of sp³-hybridized carbons (Fsp3) is 0.600. The molecule has 1 aromatic heterocycles. The van der Waals surface area contributed by atoms with E-state index >= 15 is 0 Å². The number of rotatable bonds is 4. The molecule has 1 aromatic rings. The lowest BCUT2D eigenvalue weighted by Crippen LogP contribution is -2.32. The topological polar surface area (TPSA) is 72.9 Å². The van der Waals surface area contributed by atoms with Gasteiger partial charge in [-0.2, -0.15) is 5.10 Å². The summed E-state index contributed by atoms with van der Waals surface area (Å²) < 4.78 is 1.72. The number of aryl methyl sites for hydroxylation is 1. The van der Waals surface area contributed by atoms with Crippen LogP contribution < -0.4 is 11.1 Å². The van der Waals surface area contributed by atoms with Crippen molar-refractivity contribution in [1.29, 1.82) is 0 Å². The van der Waals surface area contributed by atoms with Gasteiger partial charge >= 0.3 is 0 Å². The summed E-state index contributed by atoms with van der Waals surface area (Å²) in [6.07, 6.45) is 0. The zero-order valence-electron chi connectivity index (χ0n) is 9.50. The summed E-state index contributed by atoms with van der Waals surface area (Å²) in [5.41, 5.74) is 8.44. The highest BCUT2D eigenvalue weighted by Gasteiger charge is 2.09. The zero-order chi connectivity index (χ0) is 11.4. The number of carbonyl (C=O) groups is 1. The third kappa shape index (κ3) is 2.79. The number of hydrogen-bond acceptors (Lipinski definition) is 3. The molecule has 1 amide bonds. The average molecular weight is 210 g/mol. The Labute approximate surface area is 89.6 Å². The molecule has 0 aliphatic rings. The Kier molecular flexibility index (Phi) is 3.85. The lowest BCUT2D eigenvalue weighted by molar-refractivity contribution is -0.121. The Morgan fingerprint density at radius 2 is 2.13 bits per heavy atom. The van der Waals surface area contributed by atoms with Gasteiger partial charge in [-0.15, -0.1) is 0 Å². The third-order valence-electron chi connectivity index (χ3n) is 2.50. The van der Waals surface area contributed by atoms with E-state index in [-0.39, 0.29) is 12.5 Å². The van der Waals surface area contributed by atoms with Gasteiger partial charge in [0.05, 0.1) is 5.69 Å². The third-order valence-corrected chi connectivity index (χ3v) is 2.50. The van der Waals surface area contributed by atoms with E-state index in [1.165, 1.54) is 0 Å². The molecule has 0 aromatic carbocycles. The number of carbonyl (C=O) groups excluding carboxylic acids is 1. The molecule has 0 aliphatic heterocycles. The number of aromatic nitrogens is 2. The molecular formula is C10H18N4O. The van der Waals surface area contributed by atoms with E-state index in [0.717, 1.165) is 17.0 Å². The molecule has 0 saturated heterocycles. The molecule has 0 unspecified atom stereocenters. The number of hydrogen-bond donors (Lipinski definition) is 2. The molecule has 0 radical (unpaired) electrons. The van der Waals surface area contributed by atoms with Crippen LogP contribution in [0.5, 0.6) is 0 Å². The van der Waals surface area contributed by atoms with Crippen molar-refractivity contribution in [1.82, 2.24) is 15.1 Å². The Hall–Kier alpha value is -1.36. The van der Waals surface area contributed by atoms with Crippen molar-refractivity contribution in [3.05, 3.63) is 17.0 Å². The van der Waals surface area contributed by atoms with Gasteiger partial charge in [-0.05, 0) is 26.3 Å². The Morgan fingerprint density at radius 3 is 2.60 bits per heavy atom. The van der Waals surface area contributed by atoms with Crippen LogP contribution in [-0.2, 0) is 11.3 Å². The summed E-state index contributed by atoms with van der Waals surface area (Å²) in [4.78, 5) is 11.4. The second-order valence-electron chi connectivity index (χ2n) is 3.59. The molecule has 0 atom stereocenters. The predicted molar refractivity (Wildman–Crippen MR) is 58.5 cm³/mol. The van der Waals surface area contributed by atoms with Crippen LogP contribution in [0.25, 0.3) is 0 Å². The molecule has 84 valence electrons. The van der Waals surface area contributed by atoms with Gasteiger partial charge in [0.2, 0.25) is 5.91 Å². The van der Waals surface area contributed by atoms with E-state index in [1.807, 2.05) is 20.8 Å². The second kappa shape index (κ2) is 4.93. The van der Waals surface area contributed by atoms with Crippen LogP contribution in [0.3, 0.4) is 0 Å². The van der Waals surface area contributed by atoms with Crippen LogP contribution in [-0.4, -0.2) is 28.8 Å². The van der Waals surface area contributed by atoms with Gasteiger partial charge < -0.3 is 11.1 Å². The van der Waals surface area contributed by atoms with E-state index in [1.54, 1.807) is 4.68 Å². The fourth-order valence-electron chi connectivity index (χ4n) is 1.34. The highest BCUT2D eigenvalue weighted by molar-refractivity contribution is 5.75. The summed E-state index contributed by atoms with van der Waals surface area (Å²) >= 11 is 0. The van der Waals surface area contributed by atoms with Crippen molar-refractivity contribution in [2.75, 3.05) is 13.1 Å². The summed E-state index contributed by atoms with van der Waals surface area (Å²) in [5.74, 6) is -0.0500. The Morgan fingerprint density at radius 1 is 1.47 bits per heavy atom. The van der Waals surface area contributed by atoms with Crippen LogP contribution >= 0.6 is 0 Å². The van der Waals surface area contributed by atoms with Crippen LogP contribution in [0.4, 0.5) is 0 Å². The number of amides is 1. The molecule has 0 aliphatic carbocycles. The normalized spacial score (nSPS) is 10.4. The highest BCUT2D eigenvalue weighted by atomic mass is 16.2. The Balaban J connectivity index is 2.64. The van der Waals surface area contributed by atoms with Gasteiger partial charge in [0.15, 0.2) is 0 Å². The van der Waals surface area contributed by atoms with E-state index in [9.17, 15) is 4.79 Å². The molecule has 1 rings (SSSR count). The summed E-state index contributed by atoms with van der Waals surface area (Å²) in [6, 6.07) is 0. The largest absolute Gasteiger partial charge is 0.353 e. The van der Waals surface area contributed by atoms with Gasteiger partial charge in [-0.1, -0.05) is 0 Å². The second-order valence-corrected chi connectivity index (χ2v) is 3.59. The maximum absolute atomic E-state index is 11.4. The van der Waals surface area contributed by atoms with Gasteiger partial charge in [0, 0.05) is 18.8 Å². The van der Waals surface area contributed by atoms with Gasteiger partial charge in [-0.25, -0.2) is 0 Å². The minimum absolute atomic E-state index is 0.0500. The van der Waals surface area contributed by atoms with Gasteiger partial charge in [-0.3, -0.25) is 9.48 Å². The van der Waals surface area contributed by atoms with Crippen LogP contribution in [0.15, 0.2) is 0 Å². The molecule has 0 saturated carbocycles. The monoisotopic (exact) mass is 210 g/mol. The quantitative estimate of drug-likeness (QED) is 0.728. The summed E-state index contributed by atoms with van der Waals surface area (Å²) in [7, 11) is 0. The number of nitrogens with one attached hydrogen (secondary N) is 1. The van der Waals surface area contributed by atoms with Crippen LogP contribution in [0.2, 0.25) is 0 Å². The van der Waals surface area contributed by atoms with Crippen molar-refractivity contribution < 1.29 is 4.79 Å². The van der Waals surface area contributed by atoms with Crippen molar-refractivity contribution in [2.24, 2.45) is 5.73 Å². The highest BCUT2D eigenvalue weighted by Crippen LogP contribution is 2.10. The standard InChI is InChI=1S/C10H18N4O/c1-7-8(2)13-14(9(7)3)6-10(15)12-5-4-11/h4-6,11H2,1-3H3,(H,12,15). The van der Waals surface area contributed by atoms with E-state index in [4.69, 9.17) is 5.73 Å². The number of nitrogens with two attached hydrogens (primary N) is 1. The summed E-state index contributed by atoms with van der Waals surface area (Å²) in [5, 5.41) is 6.99. The first-order valence-electron chi connectivity index (χ1n) is 5.03. The molecule has 0 bridgehead atoms. The van der Waals surface area contributed by atoms with Crippen molar-refractivity contribution >= 4 is 5.91 Å². The van der Waals surface area contributed by atoms with E-state index in [2.05, 4.69) is 10.4 Å². The van der Waals surface area contributed by atoms with E-state index in [0.29, 0.717) is 13.1 Å². The Bertz CT molecular complexity index is 357. The van der Waals surface area contributed by atoms with Crippen molar-refractivity contribution in [2.45, 2.75) is 27.3 Å². The fourth-order valence-corrected chi connectivity index (χ4v) is 1.34. The molecule has 0 spiro atoms. The van der Waals surface area contributed by atoms with Crippen LogP contribution in [0.1, 0.15) is 17.0 Å². The van der Waals surface area contributed by atoms with Crippen molar-refractivity contribution in [3.8, 4) is 0 Å². The maximum atomic E-state index is 11.4. The minimum Gasteiger partial charge on any atom is -0.353 e. The molecular weight excluding hydrogens is 192 g/mol. The zero-order valence-corrected chi connectivity index (χ0v) is 9.50. The lowest BCUT2D eigenvalue weighted by atomic mass is 10.2. The average Bonchev–Trinajstić information content (AvgIpc) is 2.43. The van der Waals surface area contributed by atoms with Crippen LogP contribution in [0, 0.1) is 20.8 Å². The first-order chi connectivity index (χ1) is 7.06. The van der Waals surface area contributed by atoms with E-state index < -0.39 is 0 Å². The summed E-state index contributed by atoms with van der Waals surface area (Å²) in [6.45, 7) is 7.15. The first-order valence-corrected chi connectivity index (χ1v) is 5.03. The maximum Gasteiger partial charge on any atom is 0.241 e. The lowest BCUT2D eigenvalue weighted by Gasteiger charge is -2.05. The molecule has 15 heavy (non-hydrogen) atoms. The van der Waals surface area contributed by atoms with Gasteiger partial charge in [0.25, 0.3) is 0 Å². The first kappa shape index (κ1) is 11.7. The van der Waals surface area contributed by atoms with Gasteiger partial charge in [0.1, 0.15) is 6.54 Å².